The van der Waals surface area contributed by atoms with Crippen LogP contribution in [-0.4, -0.2) is 16.3 Å². The minimum atomic E-state index is 0.216. The Morgan fingerprint density at radius 1 is 1.23 bits per heavy atom. The molecule has 1 heterocycles. The Balaban J connectivity index is 3.03. The molecular formula is C11H19NO. The van der Waals surface area contributed by atoms with Crippen molar-refractivity contribution in [3.05, 3.63) is 23.5 Å². The summed E-state index contributed by atoms with van der Waals surface area (Å²) in [6.07, 6.45) is 0. The normalized spacial score (nSPS) is 13.7. The average Bonchev–Trinajstić information content (AvgIpc) is 2.36. The molecule has 1 unspecified atom stereocenters. The van der Waals surface area contributed by atoms with Crippen molar-refractivity contribution in [2.75, 3.05) is 6.61 Å². The topological polar surface area (TPSA) is 25.2 Å². The predicted octanol–water partition coefficient (Wildman–Crippen LogP) is 2.29. The van der Waals surface area contributed by atoms with E-state index in [0.717, 1.165) is 0 Å². The maximum atomic E-state index is 9.30. The number of nitrogens with zero attached hydrogens (tertiary/aromatic N) is 1. The van der Waals surface area contributed by atoms with E-state index < -0.39 is 0 Å². The zero-order valence-corrected chi connectivity index (χ0v) is 8.91. The van der Waals surface area contributed by atoms with Gasteiger partial charge >= 0.3 is 0 Å². The van der Waals surface area contributed by atoms with Crippen LogP contribution in [-0.2, 0) is 0 Å². The highest BCUT2D eigenvalue weighted by Gasteiger charge is 2.16. The van der Waals surface area contributed by atoms with Crippen LogP contribution in [0.15, 0.2) is 12.1 Å². The number of aliphatic hydroxyl groups is 1. The zero-order chi connectivity index (χ0) is 10.0. The van der Waals surface area contributed by atoms with Crippen LogP contribution in [0.4, 0.5) is 0 Å². The molecule has 1 N–H and O–H groups in total. The van der Waals surface area contributed by atoms with Gasteiger partial charge in [0.25, 0.3) is 0 Å². The molecule has 0 aromatic carbocycles. The van der Waals surface area contributed by atoms with Gasteiger partial charge in [0.15, 0.2) is 0 Å². The third-order valence-corrected chi connectivity index (χ3v) is 2.61. The molecule has 0 saturated carbocycles. The Labute approximate surface area is 80.2 Å². The van der Waals surface area contributed by atoms with Crippen LogP contribution in [0.2, 0.25) is 0 Å². The molecule has 1 aromatic rings. The van der Waals surface area contributed by atoms with Gasteiger partial charge in [0.05, 0.1) is 12.6 Å². The number of hydrogen-bond donors (Lipinski definition) is 1. The molecule has 1 atom stereocenters. The van der Waals surface area contributed by atoms with Gasteiger partial charge in [-0.2, -0.15) is 0 Å². The van der Waals surface area contributed by atoms with Crippen molar-refractivity contribution in [3.8, 4) is 0 Å². The van der Waals surface area contributed by atoms with E-state index in [9.17, 15) is 5.11 Å². The quantitative estimate of drug-likeness (QED) is 0.760. The average molecular weight is 181 g/mol. The molecule has 13 heavy (non-hydrogen) atoms. The lowest BCUT2D eigenvalue weighted by molar-refractivity contribution is 0.190. The van der Waals surface area contributed by atoms with Crippen LogP contribution in [0.5, 0.6) is 0 Å². The summed E-state index contributed by atoms with van der Waals surface area (Å²) in [5.41, 5.74) is 2.45. The van der Waals surface area contributed by atoms with Crippen molar-refractivity contribution < 1.29 is 5.11 Å². The number of rotatable bonds is 3. The molecule has 1 aromatic heterocycles. The van der Waals surface area contributed by atoms with Crippen LogP contribution in [0.25, 0.3) is 0 Å². The minimum absolute atomic E-state index is 0.216. The van der Waals surface area contributed by atoms with Gasteiger partial charge in [-0.25, -0.2) is 0 Å². The van der Waals surface area contributed by atoms with Gasteiger partial charge < -0.3 is 9.67 Å². The highest BCUT2D eigenvalue weighted by atomic mass is 16.3. The molecular weight excluding hydrogens is 162 g/mol. The molecule has 0 radical (unpaired) electrons. The summed E-state index contributed by atoms with van der Waals surface area (Å²) in [7, 11) is 0. The predicted molar refractivity (Wildman–Crippen MR) is 54.9 cm³/mol. The second kappa shape index (κ2) is 3.97. The lowest BCUT2D eigenvalue weighted by atomic mass is 10.0. The van der Waals surface area contributed by atoms with Crippen LogP contribution in [0.1, 0.15) is 31.3 Å². The zero-order valence-electron chi connectivity index (χ0n) is 8.91. The molecule has 0 aliphatic rings. The van der Waals surface area contributed by atoms with E-state index in [-0.39, 0.29) is 12.6 Å². The lowest BCUT2D eigenvalue weighted by Gasteiger charge is -2.24. The fraction of sp³-hybridized carbons (Fsp3) is 0.636. The van der Waals surface area contributed by atoms with E-state index >= 15 is 0 Å². The van der Waals surface area contributed by atoms with Gasteiger partial charge in [0, 0.05) is 11.4 Å². The molecule has 0 fully saturated rings. The van der Waals surface area contributed by atoms with Gasteiger partial charge in [0.1, 0.15) is 0 Å². The molecule has 2 nitrogen and oxygen atoms in total. The van der Waals surface area contributed by atoms with E-state index in [1.165, 1.54) is 11.4 Å². The molecule has 0 bridgehead atoms. The van der Waals surface area contributed by atoms with Crippen molar-refractivity contribution in [2.45, 2.75) is 33.7 Å². The highest BCUT2D eigenvalue weighted by molar-refractivity contribution is 5.15. The SMILES string of the molecule is Cc1ccc(C)n1C(CO)C(C)C. The Hall–Kier alpha value is -0.760. The monoisotopic (exact) mass is 181 g/mol. The molecule has 0 aliphatic heterocycles. The van der Waals surface area contributed by atoms with E-state index in [0.29, 0.717) is 5.92 Å². The number of hydrogen-bond acceptors (Lipinski definition) is 1. The summed E-state index contributed by atoms with van der Waals surface area (Å²) in [5, 5.41) is 9.30. The van der Waals surface area contributed by atoms with Crippen molar-refractivity contribution in [1.82, 2.24) is 4.57 Å². The summed E-state index contributed by atoms with van der Waals surface area (Å²) < 4.78 is 2.21. The summed E-state index contributed by atoms with van der Waals surface area (Å²) in [6, 6.07) is 4.41. The Kier molecular flexibility index (Phi) is 3.15. The van der Waals surface area contributed by atoms with Crippen LogP contribution < -0.4 is 0 Å². The number of aryl methyl sites for hydroxylation is 2. The van der Waals surface area contributed by atoms with Gasteiger partial charge in [-0.1, -0.05) is 13.8 Å². The van der Waals surface area contributed by atoms with Crippen LogP contribution >= 0.6 is 0 Å². The first-order chi connectivity index (χ1) is 6.07. The van der Waals surface area contributed by atoms with Gasteiger partial charge in [0.2, 0.25) is 0 Å². The maximum Gasteiger partial charge on any atom is 0.0641 e. The minimum Gasteiger partial charge on any atom is -0.394 e. The molecule has 0 saturated heterocycles. The third-order valence-electron chi connectivity index (χ3n) is 2.61. The number of aliphatic hydroxyl groups excluding tert-OH is 1. The Morgan fingerprint density at radius 3 is 2.00 bits per heavy atom. The second-order valence-electron chi connectivity index (χ2n) is 3.98. The second-order valence-corrected chi connectivity index (χ2v) is 3.98. The standard InChI is InChI=1S/C11H19NO/c1-8(2)11(7-13)12-9(3)5-6-10(12)4/h5-6,8,11,13H,7H2,1-4H3. The number of aromatic nitrogens is 1. The fourth-order valence-corrected chi connectivity index (χ4v) is 1.79. The molecule has 0 amide bonds. The summed E-state index contributed by atoms with van der Waals surface area (Å²) in [4.78, 5) is 0. The summed E-state index contributed by atoms with van der Waals surface area (Å²) in [5.74, 6) is 0.467. The van der Waals surface area contributed by atoms with Crippen LogP contribution in [0, 0.1) is 19.8 Å². The third kappa shape index (κ3) is 1.94. The molecule has 0 spiro atoms. The van der Waals surface area contributed by atoms with Crippen molar-refractivity contribution in [3.63, 3.8) is 0 Å². The van der Waals surface area contributed by atoms with E-state index in [2.05, 4.69) is 44.4 Å². The van der Waals surface area contributed by atoms with Crippen LogP contribution in [0.3, 0.4) is 0 Å². The van der Waals surface area contributed by atoms with Crippen molar-refractivity contribution in [2.24, 2.45) is 5.92 Å². The fourth-order valence-electron chi connectivity index (χ4n) is 1.79. The van der Waals surface area contributed by atoms with Gasteiger partial charge in [-0.05, 0) is 31.9 Å². The first kappa shape index (κ1) is 10.3. The van der Waals surface area contributed by atoms with E-state index in [1.54, 1.807) is 0 Å². The Morgan fingerprint density at radius 2 is 1.69 bits per heavy atom. The van der Waals surface area contributed by atoms with Gasteiger partial charge in [-0.3, -0.25) is 0 Å². The van der Waals surface area contributed by atoms with E-state index in [1.807, 2.05) is 0 Å². The first-order valence-electron chi connectivity index (χ1n) is 4.83. The lowest BCUT2D eigenvalue weighted by Crippen LogP contribution is -2.20. The summed E-state index contributed by atoms with van der Waals surface area (Å²) >= 11 is 0. The molecule has 1 rings (SSSR count). The van der Waals surface area contributed by atoms with Crippen molar-refractivity contribution >= 4 is 0 Å². The largest absolute Gasteiger partial charge is 0.394 e. The molecule has 2 heteroatoms. The van der Waals surface area contributed by atoms with Crippen molar-refractivity contribution in [1.29, 1.82) is 0 Å². The molecule has 74 valence electrons. The maximum absolute atomic E-state index is 9.30. The first-order valence-corrected chi connectivity index (χ1v) is 4.83. The van der Waals surface area contributed by atoms with E-state index in [4.69, 9.17) is 0 Å². The smallest absolute Gasteiger partial charge is 0.0641 e. The molecule has 0 aliphatic carbocycles. The van der Waals surface area contributed by atoms with Gasteiger partial charge in [-0.15, -0.1) is 0 Å². The highest BCUT2D eigenvalue weighted by Crippen LogP contribution is 2.22. The Bertz CT molecular complexity index is 256. The summed E-state index contributed by atoms with van der Waals surface area (Å²) in [6.45, 7) is 8.66.